The van der Waals surface area contributed by atoms with Crippen molar-refractivity contribution in [3.63, 3.8) is 0 Å². The number of ketones is 1. The Morgan fingerprint density at radius 3 is 2.53 bits per heavy atom. The average Bonchev–Trinajstić information content (AvgIpc) is 2.81. The van der Waals surface area contributed by atoms with E-state index in [-0.39, 0.29) is 31.5 Å². The molecule has 2 aliphatic rings. The van der Waals surface area contributed by atoms with Crippen LogP contribution >= 0.6 is 0 Å². The van der Waals surface area contributed by atoms with Crippen LogP contribution in [0.15, 0.2) is 24.3 Å². The second-order valence-corrected chi connectivity index (χ2v) is 9.27. The number of carbonyl (C=O) groups is 3. The molecule has 5 nitrogen and oxygen atoms in total. The topological polar surface area (TPSA) is 66.5 Å². The molecular formula is C25H36F2N2O3. The Morgan fingerprint density at radius 1 is 1.16 bits per heavy atom. The lowest BCUT2D eigenvalue weighted by Gasteiger charge is -2.34. The smallest absolute Gasteiger partial charge is 0.322 e. The number of benzene rings is 1. The summed E-state index contributed by atoms with van der Waals surface area (Å²) < 4.78 is 27.0. The first-order chi connectivity index (χ1) is 15.2. The standard InChI is InChI=1S/C25H34F2N2O3.H2/c1-3-21(30)22(17-9-5-4-6-10-17)28-23(31)19-12-7-11-18(15-19)20-13-8-14-29(16-20)24(32)25(2,26)27;/h7,11-12,15,17,20,22H,3-6,8-10,13-14,16H2,1-2H3,(H,28,31);1H/t20?,22-;/m1./s1. The first kappa shape index (κ1) is 24.3. The van der Waals surface area contributed by atoms with Gasteiger partial charge in [0.25, 0.3) is 11.8 Å². The van der Waals surface area contributed by atoms with Crippen molar-refractivity contribution in [1.29, 1.82) is 0 Å². The van der Waals surface area contributed by atoms with Gasteiger partial charge in [-0.3, -0.25) is 14.4 Å². The van der Waals surface area contributed by atoms with E-state index < -0.39 is 17.9 Å². The molecule has 0 aromatic heterocycles. The number of likely N-dealkylation sites (tertiary alicyclic amines) is 1. The van der Waals surface area contributed by atoms with Crippen LogP contribution in [0.25, 0.3) is 0 Å². The summed E-state index contributed by atoms with van der Waals surface area (Å²) >= 11 is 0. The molecule has 1 aliphatic carbocycles. The molecule has 7 heteroatoms. The van der Waals surface area contributed by atoms with Crippen LogP contribution in [0.3, 0.4) is 0 Å². The van der Waals surface area contributed by atoms with E-state index in [1.54, 1.807) is 18.2 Å². The van der Waals surface area contributed by atoms with Gasteiger partial charge in [0.05, 0.1) is 6.04 Å². The van der Waals surface area contributed by atoms with Gasteiger partial charge in [-0.05, 0) is 49.3 Å². The van der Waals surface area contributed by atoms with E-state index in [0.717, 1.165) is 37.7 Å². The molecule has 1 saturated carbocycles. The number of halogens is 2. The van der Waals surface area contributed by atoms with Crippen molar-refractivity contribution in [3.8, 4) is 0 Å². The number of rotatable bonds is 7. The fourth-order valence-corrected chi connectivity index (χ4v) is 5.02. The van der Waals surface area contributed by atoms with Crippen LogP contribution in [0.1, 0.15) is 88.5 Å². The number of nitrogens with zero attached hydrogens (tertiary/aromatic N) is 1. The van der Waals surface area contributed by atoms with Gasteiger partial charge in [0.2, 0.25) is 0 Å². The van der Waals surface area contributed by atoms with E-state index in [0.29, 0.717) is 31.9 Å². The lowest BCUT2D eigenvalue weighted by Crippen LogP contribution is -2.46. The molecule has 2 amide bonds. The van der Waals surface area contributed by atoms with Crippen molar-refractivity contribution in [2.75, 3.05) is 13.1 Å². The number of carbonyl (C=O) groups excluding carboxylic acids is 3. The Morgan fingerprint density at radius 2 is 1.88 bits per heavy atom. The van der Waals surface area contributed by atoms with E-state index in [1.807, 2.05) is 13.0 Å². The van der Waals surface area contributed by atoms with Crippen LogP contribution in [0.5, 0.6) is 0 Å². The molecule has 0 bridgehead atoms. The fraction of sp³-hybridized carbons (Fsp3) is 0.640. The third-order valence-electron chi connectivity index (χ3n) is 6.81. The van der Waals surface area contributed by atoms with Crippen molar-refractivity contribution in [1.82, 2.24) is 10.2 Å². The normalized spacial score (nSPS) is 21.1. The predicted molar refractivity (Wildman–Crippen MR) is 121 cm³/mol. The molecule has 1 aromatic rings. The number of alkyl halides is 2. The summed E-state index contributed by atoms with van der Waals surface area (Å²) in [4.78, 5) is 38.8. The van der Waals surface area contributed by atoms with Crippen LogP contribution in [0, 0.1) is 5.92 Å². The number of hydrogen-bond acceptors (Lipinski definition) is 3. The van der Waals surface area contributed by atoms with E-state index in [4.69, 9.17) is 0 Å². The zero-order valence-electron chi connectivity index (χ0n) is 19.0. The summed E-state index contributed by atoms with van der Waals surface area (Å²) in [6, 6.07) is 6.66. The number of amides is 2. The van der Waals surface area contributed by atoms with Gasteiger partial charge in [-0.25, -0.2) is 0 Å². The minimum atomic E-state index is -3.39. The van der Waals surface area contributed by atoms with Crippen molar-refractivity contribution in [3.05, 3.63) is 35.4 Å². The zero-order valence-corrected chi connectivity index (χ0v) is 19.0. The quantitative estimate of drug-likeness (QED) is 0.639. The van der Waals surface area contributed by atoms with Crippen LogP contribution in [0.4, 0.5) is 8.78 Å². The van der Waals surface area contributed by atoms with Crippen molar-refractivity contribution >= 4 is 17.6 Å². The van der Waals surface area contributed by atoms with E-state index in [2.05, 4.69) is 5.32 Å². The number of Topliss-reactive ketones (excluding diaryl/α,β-unsaturated/α-hetero) is 1. The summed E-state index contributed by atoms with van der Waals surface area (Å²) in [5.74, 6) is -4.68. The van der Waals surface area contributed by atoms with Crippen LogP contribution < -0.4 is 5.32 Å². The number of piperidine rings is 1. The third kappa shape index (κ3) is 5.93. The highest BCUT2D eigenvalue weighted by molar-refractivity contribution is 5.98. The number of nitrogens with one attached hydrogen (secondary N) is 1. The lowest BCUT2D eigenvalue weighted by molar-refractivity contribution is -0.156. The Labute approximate surface area is 190 Å². The van der Waals surface area contributed by atoms with Crippen LogP contribution in [0.2, 0.25) is 0 Å². The SMILES string of the molecule is CCC(=O)[C@H](NC(=O)c1cccc(C2CCCN(C(=O)C(C)(F)F)C2)c1)C1CCCCC1.[HH]. The van der Waals surface area contributed by atoms with Crippen molar-refractivity contribution in [2.24, 2.45) is 5.92 Å². The first-order valence-electron chi connectivity index (χ1n) is 11.8. The molecular weight excluding hydrogens is 414 g/mol. The molecule has 1 heterocycles. The molecule has 1 aliphatic heterocycles. The summed E-state index contributed by atoms with van der Waals surface area (Å²) in [6.07, 6.45) is 7.02. The van der Waals surface area contributed by atoms with Gasteiger partial charge in [-0.2, -0.15) is 8.78 Å². The van der Waals surface area contributed by atoms with E-state index in [1.165, 1.54) is 11.3 Å². The maximum absolute atomic E-state index is 13.5. The van der Waals surface area contributed by atoms with E-state index >= 15 is 0 Å². The van der Waals surface area contributed by atoms with Crippen molar-refractivity contribution < 1.29 is 24.6 Å². The lowest BCUT2D eigenvalue weighted by atomic mass is 9.81. The fourth-order valence-electron chi connectivity index (χ4n) is 5.02. The molecule has 2 fully saturated rings. The Bertz CT molecular complexity index is 837. The van der Waals surface area contributed by atoms with Crippen molar-refractivity contribution in [2.45, 2.75) is 83.1 Å². The molecule has 1 aromatic carbocycles. The highest BCUT2D eigenvalue weighted by atomic mass is 19.3. The van der Waals surface area contributed by atoms with Crippen LogP contribution in [-0.2, 0) is 9.59 Å². The molecule has 1 N–H and O–H groups in total. The molecule has 0 radical (unpaired) electrons. The maximum Gasteiger partial charge on any atom is 0.322 e. The molecule has 178 valence electrons. The average molecular weight is 451 g/mol. The minimum Gasteiger partial charge on any atom is -0.342 e. The highest BCUT2D eigenvalue weighted by Crippen LogP contribution is 2.30. The first-order valence-corrected chi connectivity index (χ1v) is 11.8. The Balaban J connectivity index is 0.00000385. The molecule has 2 atom stereocenters. The summed E-state index contributed by atoms with van der Waals surface area (Å²) in [7, 11) is 0. The van der Waals surface area contributed by atoms with Gasteiger partial charge in [0.1, 0.15) is 0 Å². The number of hydrogen-bond donors (Lipinski definition) is 1. The van der Waals surface area contributed by atoms with Gasteiger partial charge in [0, 0.05) is 39.3 Å². The van der Waals surface area contributed by atoms with Gasteiger partial charge >= 0.3 is 5.92 Å². The monoisotopic (exact) mass is 450 g/mol. The zero-order chi connectivity index (χ0) is 23.3. The molecule has 1 unspecified atom stereocenters. The van der Waals surface area contributed by atoms with Gasteiger partial charge in [0.15, 0.2) is 5.78 Å². The maximum atomic E-state index is 13.5. The molecule has 3 rings (SSSR count). The summed E-state index contributed by atoms with van der Waals surface area (Å²) in [6.45, 7) is 2.98. The Hall–Kier alpha value is -2.31. The Kier molecular flexibility index (Phi) is 8.01. The largest absolute Gasteiger partial charge is 0.342 e. The minimum absolute atomic E-state index is 0. The second kappa shape index (κ2) is 10.5. The summed E-state index contributed by atoms with van der Waals surface area (Å²) in [5, 5.41) is 2.98. The summed E-state index contributed by atoms with van der Waals surface area (Å²) in [5.41, 5.74) is 1.31. The van der Waals surface area contributed by atoms with Gasteiger partial charge in [-0.1, -0.05) is 38.3 Å². The third-order valence-corrected chi connectivity index (χ3v) is 6.81. The van der Waals surface area contributed by atoms with E-state index in [9.17, 15) is 23.2 Å². The predicted octanol–water partition coefficient (Wildman–Crippen LogP) is 4.95. The highest BCUT2D eigenvalue weighted by Gasteiger charge is 2.38. The van der Waals surface area contributed by atoms with Crippen LogP contribution in [-0.4, -0.2) is 47.6 Å². The molecule has 32 heavy (non-hydrogen) atoms. The van der Waals surface area contributed by atoms with Gasteiger partial charge < -0.3 is 10.2 Å². The van der Waals surface area contributed by atoms with Gasteiger partial charge in [-0.15, -0.1) is 0 Å². The second-order valence-electron chi connectivity index (χ2n) is 9.27. The molecule has 0 spiro atoms. The molecule has 1 saturated heterocycles.